The van der Waals surface area contributed by atoms with Gasteiger partial charge in [-0.15, -0.1) is 0 Å². The molecule has 250 valence electrons. The molecule has 0 aliphatic carbocycles. The highest BCUT2D eigenvalue weighted by Gasteiger charge is 2.24. The number of carboxylic acid groups (broad SMARTS) is 1. The number of rotatable bonds is 30. The maximum absolute atomic E-state index is 12.5. The first-order chi connectivity index (χ1) is 20.8. The summed E-state index contributed by atoms with van der Waals surface area (Å²) in [6, 6.07) is -0.295. The third-order valence-electron chi connectivity index (χ3n) is 8.60. The van der Waals surface area contributed by atoms with Crippen molar-refractivity contribution in [2.75, 3.05) is 26.3 Å². The largest absolute Gasteiger partial charge is 0.481 e. The number of unbranched alkanes of at least 4 members (excludes halogenated alkanes) is 14. The molecule has 1 aliphatic rings. The van der Waals surface area contributed by atoms with E-state index < -0.39 is 12.0 Å². The fourth-order valence-electron chi connectivity index (χ4n) is 5.79. The SMILES string of the molecule is NCC(=O)[C@@H](CCCCNC(=O)CCCCCCCCCCCCCCCCC(=O)O)CCC(=O)[C@@H](N)CC1CNCN1. The standard InChI is InChI=1S/C33H63N5O5/c34-24-31(40)27(20-21-30(39)29(35)23-28-25-36-26-38-28)17-15-16-22-37-32(41)18-13-11-9-7-5-3-1-2-4-6-8-10-12-14-19-33(42)43/h27-29,36,38H,1-26,34-35H2,(H,37,41)(H,42,43)/t27-,28?,29-/m0/s1. The number of Topliss-reactive ketones (excluding diaryl/α,β-unsaturated/α-hetero) is 2. The minimum atomic E-state index is -0.687. The van der Waals surface area contributed by atoms with Gasteiger partial charge in [0.1, 0.15) is 11.6 Å². The predicted molar refractivity (Wildman–Crippen MR) is 173 cm³/mol. The van der Waals surface area contributed by atoms with Crippen LogP contribution in [0, 0.1) is 5.92 Å². The van der Waals surface area contributed by atoms with Crippen LogP contribution in [0.4, 0.5) is 0 Å². The van der Waals surface area contributed by atoms with Gasteiger partial charge in [-0.3, -0.25) is 19.2 Å². The highest BCUT2D eigenvalue weighted by molar-refractivity contribution is 5.86. The van der Waals surface area contributed by atoms with Crippen molar-refractivity contribution in [2.45, 2.75) is 153 Å². The summed E-state index contributed by atoms with van der Waals surface area (Å²) in [5.41, 5.74) is 11.7. The summed E-state index contributed by atoms with van der Waals surface area (Å²) in [5.74, 6) is -0.820. The molecular weight excluding hydrogens is 546 g/mol. The lowest BCUT2D eigenvalue weighted by Crippen LogP contribution is -2.38. The smallest absolute Gasteiger partial charge is 0.303 e. The molecule has 1 heterocycles. The van der Waals surface area contributed by atoms with Crippen LogP contribution >= 0.6 is 0 Å². The summed E-state index contributed by atoms with van der Waals surface area (Å²) >= 11 is 0. The quantitative estimate of drug-likeness (QED) is 0.0647. The highest BCUT2D eigenvalue weighted by Crippen LogP contribution is 2.18. The molecule has 1 unspecified atom stereocenters. The number of amides is 1. The lowest BCUT2D eigenvalue weighted by molar-refractivity contribution is -0.137. The number of hydrogen-bond donors (Lipinski definition) is 6. The van der Waals surface area contributed by atoms with E-state index in [2.05, 4.69) is 16.0 Å². The molecule has 8 N–H and O–H groups in total. The van der Waals surface area contributed by atoms with E-state index in [-0.39, 0.29) is 36.0 Å². The van der Waals surface area contributed by atoms with Crippen molar-refractivity contribution in [2.24, 2.45) is 17.4 Å². The van der Waals surface area contributed by atoms with E-state index in [4.69, 9.17) is 16.6 Å². The maximum atomic E-state index is 12.5. The van der Waals surface area contributed by atoms with Gasteiger partial charge < -0.3 is 32.5 Å². The van der Waals surface area contributed by atoms with Gasteiger partial charge in [0.2, 0.25) is 5.91 Å². The molecule has 3 atom stereocenters. The van der Waals surface area contributed by atoms with Crippen molar-refractivity contribution in [3.05, 3.63) is 0 Å². The average molecular weight is 610 g/mol. The number of carbonyl (C=O) groups excluding carboxylic acids is 3. The summed E-state index contributed by atoms with van der Waals surface area (Å²) in [6.07, 6.45) is 20.9. The molecule has 0 aromatic carbocycles. The summed E-state index contributed by atoms with van der Waals surface area (Å²) in [7, 11) is 0. The minimum absolute atomic E-state index is 0.00163. The molecule has 0 bridgehead atoms. The Bertz CT molecular complexity index is 760. The van der Waals surface area contributed by atoms with Crippen LogP contribution in [0.1, 0.15) is 141 Å². The third kappa shape index (κ3) is 22.3. The number of carboxylic acids is 1. The van der Waals surface area contributed by atoms with Crippen molar-refractivity contribution in [1.29, 1.82) is 0 Å². The van der Waals surface area contributed by atoms with Crippen molar-refractivity contribution in [1.82, 2.24) is 16.0 Å². The summed E-state index contributed by atoms with van der Waals surface area (Å²) < 4.78 is 0. The fraction of sp³-hybridized carbons (Fsp3) is 0.879. The number of aliphatic carboxylic acids is 1. The van der Waals surface area contributed by atoms with E-state index in [0.717, 1.165) is 58.2 Å². The normalized spacial score (nSPS) is 16.2. The van der Waals surface area contributed by atoms with Crippen molar-refractivity contribution < 1.29 is 24.3 Å². The van der Waals surface area contributed by atoms with Crippen LogP contribution < -0.4 is 27.4 Å². The number of ketones is 2. The number of hydrogen-bond acceptors (Lipinski definition) is 8. The number of nitrogens with two attached hydrogens (primary N) is 2. The first kappa shape index (κ1) is 39.1. The van der Waals surface area contributed by atoms with E-state index in [1.54, 1.807) is 0 Å². The Labute approximate surface area is 260 Å². The molecular formula is C33H63N5O5. The van der Waals surface area contributed by atoms with Gasteiger partial charge in [0.15, 0.2) is 0 Å². The predicted octanol–water partition coefficient (Wildman–Crippen LogP) is 4.33. The Morgan fingerprint density at radius 1 is 0.721 bits per heavy atom. The van der Waals surface area contributed by atoms with Crippen molar-refractivity contribution in [3.8, 4) is 0 Å². The van der Waals surface area contributed by atoms with Crippen LogP contribution in [0.5, 0.6) is 0 Å². The molecule has 0 aromatic heterocycles. The third-order valence-corrected chi connectivity index (χ3v) is 8.60. The molecule has 0 spiro atoms. The van der Waals surface area contributed by atoms with Crippen LogP contribution in [-0.4, -0.2) is 66.9 Å². The zero-order valence-electron chi connectivity index (χ0n) is 26.9. The number of carbonyl (C=O) groups is 4. The summed E-state index contributed by atoms with van der Waals surface area (Å²) in [4.78, 5) is 47.4. The Balaban J connectivity index is 1.95. The highest BCUT2D eigenvalue weighted by atomic mass is 16.4. The second-order valence-corrected chi connectivity index (χ2v) is 12.4. The van der Waals surface area contributed by atoms with Gasteiger partial charge >= 0.3 is 5.97 Å². The lowest BCUT2D eigenvalue weighted by Gasteiger charge is -2.18. The van der Waals surface area contributed by atoms with Crippen molar-refractivity contribution >= 4 is 23.4 Å². The van der Waals surface area contributed by atoms with Gasteiger partial charge in [-0.1, -0.05) is 83.5 Å². The van der Waals surface area contributed by atoms with Gasteiger partial charge in [-0.25, -0.2) is 0 Å². The maximum Gasteiger partial charge on any atom is 0.303 e. The first-order valence-electron chi connectivity index (χ1n) is 17.3. The van der Waals surface area contributed by atoms with Gasteiger partial charge in [0, 0.05) is 51.0 Å². The van der Waals surface area contributed by atoms with Crippen molar-refractivity contribution in [3.63, 3.8) is 0 Å². The minimum Gasteiger partial charge on any atom is -0.481 e. The van der Waals surface area contributed by atoms with E-state index in [1.807, 2.05) is 0 Å². The molecule has 10 heteroatoms. The van der Waals surface area contributed by atoms with Crippen LogP contribution in [0.2, 0.25) is 0 Å². The molecule has 0 radical (unpaired) electrons. The van der Waals surface area contributed by atoms with E-state index in [0.29, 0.717) is 45.1 Å². The van der Waals surface area contributed by atoms with E-state index in [9.17, 15) is 19.2 Å². The van der Waals surface area contributed by atoms with Crippen LogP contribution in [0.3, 0.4) is 0 Å². The molecule has 1 fully saturated rings. The second-order valence-electron chi connectivity index (χ2n) is 12.4. The summed E-state index contributed by atoms with van der Waals surface area (Å²) in [5, 5.41) is 18.1. The first-order valence-corrected chi connectivity index (χ1v) is 17.3. The molecule has 1 amide bonds. The van der Waals surface area contributed by atoms with Gasteiger partial charge in [-0.05, 0) is 38.5 Å². The van der Waals surface area contributed by atoms with E-state index >= 15 is 0 Å². The van der Waals surface area contributed by atoms with Gasteiger partial charge in [0.25, 0.3) is 0 Å². The Kier molecular flexibility index (Phi) is 24.1. The second kappa shape index (κ2) is 26.5. The molecule has 1 rings (SSSR count). The number of nitrogens with one attached hydrogen (secondary N) is 3. The lowest BCUT2D eigenvalue weighted by atomic mass is 9.89. The molecule has 0 aromatic rings. The molecule has 1 saturated heterocycles. The molecule has 43 heavy (non-hydrogen) atoms. The topological polar surface area (TPSA) is 177 Å². The Hall–Kier alpha value is -1.88. The molecule has 10 nitrogen and oxygen atoms in total. The zero-order chi connectivity index (χ0) is 31.5. The van der Waals surface area contributed by atoms with Crippen LogP contribution in [-0.2, 0) is 19.2 Å². The van der Waals surface area contributed by atoms with Gasteiger partial charge in [0.05, 0.1) is 12.6 Å². The fourth-order valence-corrected chi connectivity index (χ4v) is 5.79. The zero-order valence-corrected chi connectivity index (χ0v) is 26.9. The molecule has 0 saturated carbocycles. The summed E-state index contributed by atoms with van der Waals surface area (Å²) in [6.45, 7) is 2.15. The van der Waals surface area contributed by atoms with Gasteiger partial charge in [-0.2, -0.15) is 0 Å². The monoisotopic (exact) mass is 609 g/mol. The Morgan fingerprint density at radius 3 is 1.79 bits per heavy atom. The molecule has 1 aliphatic heterocycles. The van der Waals surface area contributed by atoms with E-state index in [1.165, 1.54) is 57.8 Å². The Morgan fingerprint density at radius 2 is 1.28 bits per heavy atom. The average Bonchev–Trinajstić information content (AvgIpc) is 3.50. The van der Waals surface area contributed by atoms with Crippen LogP contribution in [0.25, 0.3) is 0 Å². The van der Waals surface area contributed by atoms with Crippen LogP contribution in [0.15, 0.2) is 0 Å².